The molecule has 2 amide bonds. The lowest BCUT2D eigenvalue weighted by molar-refractivity contribution is -0.118. The maximum atomic E-state index is 12.4. The van der Waals surface area contributed by atoms with E-state index >= 15 is 0 Å². The van der Waals surface area contributed by atoms with Crippen molar-refractivity contribution in [3.05, 3.63) is 29.8 Å². The molecule has 7 nitrogen and oxygen atoms in total. The van der Waals surface area contributed by atoms with Crippen molar-refractivity contribution in [3.8, 4) is 0 Å². The normalized spacial score (nSPS) is 17.6. The SMILES string of the molecule is COC(=O)c1ccc(N2CC[C@H](NC(=O)OC(C)(C)C)C2=O)cc1. The molecule has 1 heterocycles. The predicted molar refractivity (Wildman–Crippen MR) is 87.9 cm³/mol. The lowest BCUT2D eigenvalue weighted by Gasteiger charge is -2.21. The van der Waals surface area contributed by atoms with E-state index < -0.39 is 23.7 Å². The number of esters is 1. The van der Waals surface area contributed by atoms with E-state index in [1.54, 1.807) is 49.9 Å². The molecule has 1 saturated heterocycles. The molecule has 0 spiro atoms. The van der Waals surface area contributed by atoms with Gasteiger partial charge in [-0.1, -0.05) is 0 Å². The van der Waals surface area contributed by atoms with Gasteiger partial charge in [0.2, 0.25) is 5.91 Å². The highest BCUT2D eigenvalue weighted by Crippen LogP contribution is 2.22. The van der Waals surface area contributed by atoms with Gasteiger partial charge in [-0.25, -0.2) is 9.59 Å². The second kappa shape index (κ2) is 6.90. The number of carbonyl (C=O) groups excluding carboxylic acids is 3. The Hall–Kier alpha value is -2.57. The van der Waals surface area contributed by atoms with Crippen LogP contribution in [-0.2, 0) is 14.3 Å². The second-order valence-corrected chi connectivity index (χ2v) is 6.52. The highest BCUT2D eigenvalue weighted by Gasteiger charge is 2.34. The van der Waals surface area contributed by atoms with Crippen molar-refractivity contribution in [2.45, 2.75) is 38.8 Å². The number of nitrogens with one attached hydrogen (secondary N) is 1. The fourth-order valence-electron chi connectivity index (χ4n) is 2.42. The molecular formula is C17H22N2O5. The van der Waals surface area contributed by atoms with Crippen molar-refractivity contribution in [1.82, 2.24) is 5.32 Å². The monoisotopic (exact) mass is 334 g/mol. The minimum absolute atomic E-state index is 0.202. The maximum Gasteiger partial charge on any atom is 0.408 e. The van der Waals surface area contributed by atoms with E-state index in [0.717, 1.165) is 0 Å². The largest absolute Gasteiger partial charge is 0.465 e. The van der Waals surface area contributed by atoms with E-state index in [-0.39, 0.29) is 5.91 Å². The molecule has 130 valence electrons. The summed E-state index contributed by atoms with van der Waals surface area (Å²) < 4.78 is 9.81. The number of nitrogens with zero attached hydrogens (tertiary/aromatic N) is 1. The minimum Gasteiger partial charge on any atom is -0.465 e. The molecule has 24 heavy (non-hydrogen) atoms. The van der Waals surface area contributed by atoms with Crippen LogP contribution in [-0.4, -0.2) is 43.3 Å². The molecule has 0 aliphatic carbocycles. The van der Waals surface area contributed by atoms with Gasteiger partial charge in [-0.05, 0) is 51.5 Å². The first kappa shape index (κ1) is 17.8. The lowest BCUT2D eigenvalue weighted by atomic mass is 10.2. The molecule has 1 N–H and O–H groups in total. The zero-order chi connectivity index (χ0) is 17.9. The van der Waals surface area contributed by atoms with Gasteiger partial charge in [-0.3, -0.25) is 4.79 Å². The van der Waals surface area contributed by atoms with Gasteiger partial charge < -0.3 is 19.7 Å². The summed E-state index contributed by atoms with van der Waals surface area (Å²) in [6.07, 6.45) is -0.111. The third-order valence-corrected chi connectivity index (χ3v) is 3.50. The fraction of sp³-hybridized carbons (Fsp3) is 0.471. The van der Waals surface area contributed by atoms with Crippen molar-refractivity contribution in [1.29, 1.82) is 0 Å². The number of hydrogen-bond acceptors (Lipinski definition) is 5. The van der Waals surface area contributed by atoms with Crippen LogP contribution in [0.1, 0.15) is 37.6 Å². The zero-order valence-electron chi connectivity index (χ0n) is 14.3. The van der Waals surface area contributed by atoms with E-state index in [0.29, 0.717) is 24.2 Å². The first-order valence-electron chi connectivity index (χ1n) is 7.70. The number of alkyl carbamates (subject to hydrolysis) is 1. The van der Waals surface area contributed by atoms with Crippen LogP contribution in [0.2, 0.25) is 0 Å². The second-order valence-electron chi connectivity index (χ2n) is 6.52. The first-order valence-corrected chi connectivity index (χ1v) is 7.70. The summed E-state index contributed by atoms with van der Waals surface area (Å²) in [6.45, 7) is 5.77. The Morgan fingerprint density at radius 1 is 1.21 bits per heavy atom. The van der Waals surface area contributed by atoms with Crippen molar-refractivity contribution in [2.75, 3.05) is 18.6 Å². The predicted octanol–water partition coefficient (Wildman–Crippen LogP) is 2.10. The Bertz CT molecular complexity index is 633. The molecule has 1 aromatic rings. The maximum absolute atomic E-state index is 12.4. The molecule has 2 rings (SSSR count). The average Bonchev–Trinajstić information content (AvgIpc) is 2.86. The van der Waals surface area contributed by atoms with E-state index in [1.807, 2.05) is 0 Å². The summed E-state index contributed by atoms with van der Waals surface area (Å²) in [5.41, 5.74) is 0.465. The summed E-state index contributed by atoms with van der Waals surface area (Å²) in [4.78, 5) is 37.3. The molecular weight excluding hydrogens is 312 g/mol. The van der Waals surface area contributed by atoms with Crippen molar-refractivity contribution in [2.24, 2.45) is 0 Å². The van der Waals surface area contributed by atoms with Crippen LogP contribution in [0, 0.1) is 0 Å². The summed E-state index contributed by atoms with van der Waals surface area (Å²) in [7, 11) is 1.31. The van der Waals surface area contributed by atoms with Crippen LogP contribution in [0.4, 0.5) is 10.5 Å². The van der Waals surface area contributed by atoms with Crippen molar-refractivity contribution >= 4 is 23.7 Å². The standard InChI is InChI=1S/C17H22N2O5/c1-17(2,3)24-16(22)18-13-9-10-19(14(13)20)12-7-5-11(6-8-12)15(21)23-4/h5-8,13H,9-10H2,1-4H3,(H,18,22)/t13-/m0/s1. The molecule has 0 saturated carbocycles. The molecule has 0 aromatic heterocycles. The van der Waals surface area contributed by atoms with Gasteiger partial charge in [0.15, 0.2) is 0 Å². The number of hydrogen-bond donors (Lipinski definition) is 1. The molecule has 1 aliphatic rings. The smallest absolute Gasteiger partial charge is 0.408 e. The summed E-state index contributed by atoms with van der Waals surface area (Å²) in [6, 6.07) is 5.95. The minimum atomic E-state index is -0.616. The average molecular weight is 334 g/mol. The number of ether oxygens (including phenoxy) is 2. The highest BCUT2D eigenvalue weighted by molar-refractivity contribution is 6.01. The topological polar surface area (TPSA) is 84.9 Å². The van der Waals surface area contributed by atoms with Gasteiger partial charge in [-0.15, -0.1) is 0 Å². The summed E-state index contributed by atoms with van der Waals surface area (Å²) >= 11 is 0. The van der Waals surface area contributed by atoms with Crippen LogP contribution in [0.3, 0.4) is 0 Å². The number of benzene rings is 1. The molecule has 1 aromatic carbocycles. The van der Waals surface area contributed by atoms with Crippen molar-refractivity contribution in [3.63, 3.8) is 0 Å². The quantitative estimate of drug-likeness (QED) is 0.856. The van der Waals surface area contributed by atoms with Crippen LogP contribution in [0.25, 0.3) is 0 Å². The Kier molecular flexibility index (Phi) is 5.11. The Morgan fingerprint density at radius 2 is 1.83 bits per heavy atom. The van der Waals surface area contributed by atoms with Crippen LogP contribution in [0.15, 0.2) is 24.3 Å². The number of carbonyl (C=O) groups is 3. The summed E-state index contributed by atoms with van der Waals surface area (Å²) in [5, 5.41) is 2.60. The first-order chi connectivity index (χ1) is 11.2. The van der Waals surface area contributed by atoms with Gasteiger partial charge in [-0.2, -0.15) is 0 Å². The number of methoxy groups -OCH3 is 1. The fourth-order valence-corrected chi connectivity index (χ4v) is 2.42. The Morgan fingerprint density at radius 3 is 2.38 bits per heavy atom. The van der Waals surface area contributed by atoms with Gasteiger partial charge >= 0.3 is 12.1 Å². The molecule has 1 atom stereocenters. The zero-order valence-corrected chi connectivity index (χ0v) is 14.3. The van der Waals surface area contributed by atoms with E-state index in [2.05, 4.69) is 10.1 Å². The van der Waals surface area contributed by atoms with E-state index in [9.17, 15) is 14.4 Å². The van der Waals surface area contributed by atoms with E-state index in [1.165, 1.54) is 7.11 Å². The number of anilines is 1. The molecule has 0 bridgehead atoms. The Balaban J connectivity index is 2.01. The highest BCUT2D eigenvalue weighted by atomic mass is 16.6. The Labute approximate surface area is 140 Å². The lowest BCUT2D eigenvalue weighted by Crippen LogP contribution is -2.43. The van der Waals surface area contributed by atoms with Gasteiger partial charge in [0, 0.05) is 12.2 Å². The molecule has 0 radical (unpaired) electrons. The number of rotatable bonds is 3. The molecule has 1 aliphatic heterocycles. The van der Waals surface area contributed by atoms with Crippen LogP contribution >= 0.6 is 0 Å². The van der Waals surface area contributed by atoms with Gasteiger partial charge in [0.05, 0.1) is 12.7 Å². The summed E-state index contributed by atoms with van der Waals surface area (Å²) in [5.74, 6) is -0.634. The van der Waals surface area contributed by atoms with Crippen LogP contribution in [0.5, 0.6) is 0 Å². The molecule has 0 unspecified atom stereocenters. The van der Waals surface area contributed by atoms with Crippen molar-refractivity contribution < 1.29 is 23.9 Å². The third kappa shape index (κ3) is 4.24. The third-order valence-electron chi connectivity index (χ3n) is 3.50. The van der Waals surface area contributed by atoms with Crippen LogP contribution < -0.4 is 10.2 Å². The molecule has 7 heteroatoms. The van der Waals surface area contributed by atoms with Gasteiger partial charge in [0.25, 0.3) is 0 Å². The van der Waals surface area contributed by atoms with Gasteiger partial charge in [0.1, 0.15) is 11.6 Å². The van der Waals surface area contributed by atoms with E-state index in [4.69, 9.17) is 4.74 Å². The molecule has 1 fully saturated rings. The number of amides is 2.